The Bertz CT molecular complexity index is 208. The first-order valence-corrected chi connectivity index (χ1v) is 4.80. The minimum Gasteiger partial charge on any atom is -0.330 e. The van der Waals surface area contributed by atoms with Gasteiger partial charge in [0.25, 0.3) is 5.24 Å². The smallest absolute Gasteiger partial charge is 0.289 e. The Labute approximate surface area is 75.5 Å². The molecule has 1 aliphatic rings. The molecule has 0 aromatic rings. The fourth-order valence-corrected chi connectivity index (χ4v) is 2.19. The molecule has 4 nitrogen and oxygen atoms in total. The third-order valence-corrected chi connectivity index (χ3v) is 2.89. The Kier molecular flexibility index (Phi) is 3.11. The van der Waals surface area contributed by atoms with E-state index in [-0.39, 0.29) is 16.4 Å². The van der Waals surface area contributed by atoms with Gasteiger partial charge in [-0.2, -0.15) is 0 Å². The lowest BCUT2D eigenvalue weighted by Gasteiger charge is -2.09. The van der Waals surface area contributed by atoms with Gasteiger partial charge in [-0.25, -0.2) is 0 Å². The van der Waals surface area contributed by atoms with Crippen LogP contribution in [0.15, 0.2) is 0 Å². The highest BCUT2D eigenvalue weighted by atomic mass is 32.2. The molecule has 1 aliphatic heterocycles. The maximum atomic E-state index is 11.4. The molecule has 12 heavy (non-hydrogen) atoms. The van der Waals surface area contributed by atoms with Crippen molar-refractivity contribution in [2.45, 2.75) is 18.6 Å². The fourth-order valence-electron chi connectivity index (χ4n) is 1.12. The van der Waals surface area contributed by atoms with E-state index in [1.165, 1.54) is 4.90 Å². The monoisotopic (exact) mass is 188 g/mol. The van der Waals surface area contributed by atoms with Crippen molar-refractivity contribution >= 4 is 22.9 Å². The zero-order valence-electron chi connectivity index (χ0n) is 6.95. The summed E-state index contributed by atoms with van der Waals surface area (Å²) in [5.74, 6) is -0.0852. The third kappa shape index (κ3) is 1.61. The number of nitrogens with zero attached hydrogens (tertiary/aromatic N) is 1. The van der Waals surface area contributed by atoms with Crippen molar-refractivity contribution in [2.24, 2.45) is 5.73 Å². The molecule has 0 aromatic heterocycles. The van der Waals surface area contributed by atoms with Gasteiger partial charge in [0.1, 0.15) is 0 Å². The van der Waals surface area contributed by atoms with Crippen molar-refractivity contribution in [3.05, 3.63) is 0 Å². The number of rotatable bonds is 3. The highest BCUT2D eigenvalue weighted by Crippen LogP contribution is 2.28. The molecule has 0 spiro atoms. The van der Waals surface area contributed by atoms with Gasteiger partial charge < -0.3 is 5.73 Å². The number of hydrogen-bond acceptors (Lipinski definition) is 4. The van der Waals surface area contributed by atoms with Gasteiger partial charge >= 0.3 is 0 Å². The van der Waals surface area contributed by atoms with Crippen LogP contribution >= 0.6 is 11.8 Å². The number of carbonyl (C=O) groups is 2. The molecule has 5 heteroatoms. The van der Waals surface area contributed by atoms with Crippen LogP contribution in [0.25, 0.3) is 0 Å². The normalized spacial score (nSPS) is 23.8. The largest absolute Gasteiger partial charge is 0.330 e. The molecule has 1 unspecified atom stereocenters. The molecule has 0 aromatic carbocycles. The predicted molar refractivity (Wildman–Crippen MR) is 47.8 cm³/mol. The minimum absolute atomic E-state index is 0.0852. The summed E-state index contributed by atoms with van der Waals surface area (Å²) in [4.78, 5) is 23.8. The summed E-state index contributed by atoms with van der Waals surface area (Å²) in [6.45, 7) is 2.71. The fraction of sp³-hybridized carbons (Fsp3) is 0.714. The Morgan fingerprint density at radius 1 is 1.58 bits per heavy atom. The molecular weight excluding hydrogens is 176 g/mol. The van der Waals surface area contributed by atoms with E-state index in [0.717, 1.165) is 11.8 Å². The highest BCUT2D eigenvalue weighted by molar-refractivity contribution is 8.15. The van der Waals surface area contributed by atoms with E-state index >= 15 is 0 Å². The molecule has 0 radical (unpaired) electrons. The summed E-state index contributed by atoms with van der Waals surface area (Å²) in [6, 6.07) is 0. The van der Waals surface area contributed by atoms with E-state index in [2.05, 4.69) is 0 Å². The molecule has 0 saturated carbocycles. The van der Waals surface area contributed by atoms with Crippen molar-refractivity contribution in [3.8, 4) is 0 Å². The average molecular weight is 188 g/mol. The van der Waals surface area contributed by atoms with Crippen molar-refractivity contribution in [1.82, 2.24) is 4.90 Å². The van der Waals surface area contributed by atoms with E-state index in [1.807, 2.05) is 0 Å². The maximum absolute atomic E-state index is 11.4. The summed E-state index contributed by atoms with van der Waals surface area (Å²) < 4.78 is 0. The number of imide groups is 1. The van der Waals surface area contributed by atoms with Crippen molar-refractivity contribution in [1.29, 1.82) is 0 Å². The summed E-state index contributed by atoms with van der Waals surface area (Å²) in [6.07, 6.45) is 0.589. The lowest BCUT2D eigenvalue weighted by molar-refractivity contribution is -0.126. The van der Waals surface area contributed by atoms with Gasteiger partial charge in [0.2, 0.25) is 5.91 Å². The number of hydrogen-bond donors (Lipinski definition) is 1. The van der Waals surface area contributed by atoms with E-state index in [0.29, 0.717) is 19.5 Å². The van der Waals surface area contributed by atoms with E-state index in [9.17, 15) is 9.59 Å². The van der Waals surface area contributed by atoms with Crippen LogP contribution in [0.2, 0.25) is 0 Å². The number of carbonyl (C=O) groups excluding carboxylic acids is 2. The molecule has 0 bridgehead atoms. The second-order valence-electron chi connectivity index (χ2n) is 2.53. The van der Waals surface area contributed by atoms with E-state index in [1.54, 1.807) is 6.92 Å². The quantitative estimate of drug-likeness (QED) is 0.697. The Balaban J connectivity index is 2.62. The van der Waals surface area contributed by atoms with Gasteiger partial charge in [0.15, 0.2) is 0 Å². The van der Waals surface area contributed by atoms with Gasteiger partial charge in [-0.3, -0.25) is 14.5 Å². The Morgan fingerprint density at radius 3 is 2.67 bits per heavy atom. The lowest BCUT2D eigenvalue weighted by atomic mass is 10.3. The van der Waals surface area contributed by atoms with Crippen molar-refractivity contribution in [2.75, 3.05) is 13.1 Å². The van der Waals surface area contributed by atoms with Gasteiger partial charge in [-0.05, 0) is 19.9 Å². The van der Waals surface area contributed by atoms with Crippen LogP contribution in [0.4, 0.5) is 4.79 Å². The topological polar surface area (TPSA) is 63.4 Å². The van der Waals surface area contributed by atoms with E-state index in [4.69, 9.17) is 5.73 Å². The predicted octanol–water partition coefficient (Wildman–Crippen LogP) is 0.419. The van der Waals surface area contributed by atoms with Gasteiger partial charge in [0.05, 0.1) is 5.25 Å². The molecule has 1 fully saturated rings. The molecule has 2 amide bonds. The first-order chi connectivity index (χ1) is 5.70. The molecule has 0 aliphatic carbocycles. The SMILES string of the molecule is CCN1C(=O)SC(CCN)C1=O. The van der Waals surface area contributed by atoms with Crippen LogP contribution < -0.4 is 5.73 Å². The molecule has 1 heterocycles. The van der Waals surface area contributed by atoms with Crippen LogP contribution in [0.5, 0.6) is 0 Å². The van der Waals surface area contributed by atoms with Crippen LogP contribution in [0, 0.1) is 0 Å². The Morgan fingerprint density at radius 2 is 2.25 bits per heavy atom. The summed E-state index contributed by atoms with van der Waals surface area (Å²) in [7, 11) is 0. The van der Waals surface area contributed by atoms with Crippen molar-refractivity contribution < 1.29 is 9.59 Å². The van der Waals surface area contributed by atoms with Gasteiger partial charge in [0, 0.05) is 6.54 Å². The maximum Gasteiger partial charge on any atom is 0.289 e. The standard InChI is InChI=1S/C7H12N2O2S/c1-2-9-6(10)5(3-4-8)12-7(9)11/h5H,2-4,8H2,1H3. The van der Waals surface area contributed by atoms with Crippen LogP contribution in [0.3, 0.4) is 0 Å². The Hall–Kier alpha value is -0.550. The molecule has 1 rings (SSSR count). The van der Waals surface area contributed by atoms with Crippen LogP contribution in [-0.2, 0) is 4.79 Å². The zero-order valence-corrected chi connectivity index (χ0v) is 7.76. The van der Waals surface area contributed by atoms with Gasteiger partial charge in [-0.15, -0.1) is 0 Å². The second-order valence-corrected chi connectivity index (χ2v) is 3.69. The number of nitrogens with two attached hydrogens (primary N) is 1. The minimum atomic E-state index is -0.234. The first-order valence-electron chi connectivity index (χ1n) is 3.92. The highest BCUT2D eigenvalue weighted by Gasteiger charge is 2.37. The average Bonchev–Trinajstić information content (AvgIpc) is 2.29. The van der Waals surface area contributed by atoms with Crippen LogP contribution in [-0.4, -0.2) is 34.4 Å². The lowest BCUT2D eigenvalue weighted by Crippen LogP contribution is -2.31. The molecule has 1 atom stereocenters. The van der Waals surface area contributed by atoms with E-state index < -0.39 is 0 Å². The zero-order chi connectivity index (χ0) is 9.14. The molecule has 2 N–H and O–H groups in total. The first kappa shape index (κ1) is 9.54. The van der Waals surface area contributed by atoms with Crippen LogP contribution in [0.1, 0.15) is 13.3 Å². The summed E-state index contributed by atoms with van der Waals surface area (Å²) in [5.41, 5.74) is 5.31. The third-order valence-electron chi connectivity index (χ3n) is 1.75. The van der Waals surface area contributed by atoms with Crippen molar-refractivity contribution in [3.63, 3.8) is 0 Å². The molecule has 1 saturated heterocycles. The number of amides is 2. The summed E-state index contributed by atoms with van der Waals surface area (Å²) in [5, 5.41) is -0.372. The number of thioether (sulfide) groups is 1. The molecular formula is C7H12N2O2S. The second kappa shape index (κ2) is 3.91. The van der Waals surface area contributed by atoms with Gasteiger partial charge in [-0.1, -0.05) is 11.8 Å². The summed E-state index contributed by atoms with van der Waals surface area (Å²) >= 11 is 1.09. The molecule has 68 valence electrons.